The third-order valence-corrected chi connectivity index (χ3v) is 5.74. The smallest absolute Gasteiger partial charge is 0.437 e. The molecule has 0 aliphatic rings. The van der Waals surface area contributed by atoms with E-state index >= 15 is 0 Å². The fourth-order valence-corrected chi connectivity index (χ4v) is 4.03. The van der Waals surface area contributed by atoms with E-state index in [4.69, 9.17) is 15.8 Å². The summed E-state index contributed by atoms with van der Waals surface area (Å²) in [7, 11) is 0. The van der Waals surface area contributed by atoms with Crippen molar-refractivity contribution < 1.29 is 22.4 Å². The van der Waals surface area contributed by atoms with Crippen molar-refractivity contribution in [1.82, 2.24) is 9.72 Å². The number of aromatic nitrogens is 2. The summed E-state index contributed by atoms with van der Waals surface area (Å²) in [5.74, 6) is 0.532. The summed E-state index contributed by atoms with van der Waals surface area (Å²) in [5, 5.41) is 4.31. The van der Waals surface area contributed by atoms with Gasteiger partial charge in [-0.15, -0.1) is 0 Å². The summed E-state index contributed by atoms with van der Waals surface area (Å²) in [5.41, 5.74) is 1.84. The van der Waals surface area contributed by atoms with Gasteiger partial charge in [0.25, 0.3) is 0 Å². The Hall–Kier alpha value is -3.47. The second-order valence-electron chi connectivity index (χ2n) is 8.03. The molecular weight excluding hydrogens is 431 g/mol. The molecule has 8 heteroatoms. The first-order chi connectivity index (χ1) is 15.8. The molecule has 0 N–H and O–H groups in total. The van der Waals surface area contributed by atoms with Crippen LogP contribution in [0.1, 0.15) is 49.6 Å². The van der Waals surface area contributed by atoms with Crippen molar-refractivity contribution in [2.24, 2.45) is 0 Å². The zero-order valence-corrected chi connectivity index (χ0v) is 18.4. The average molecular weight is 455 g/mol. The Balaban J connectivity index is 1.46. The van der Waals surface area contributed by atoms with E-state index in [0.717, 1.165) is 35.9 Å². The van der Waals surface area contributed by atoms with E-state index in [9.17, 15) is 13.2 Å². The minimum atomic E-state index is -4.56. The lowest BCUT2D eigenvalue weighted by atomic mass is 10.0. The summed E-state index contributed by atoms with van der Waals surface area (Å²) in [6, 6.07) is 10.9. The highest BCUT2D eigenvalue weighted by Crippen LogP contribution is 2.38. The zero-order chi connectivity index (χ0) is 23.6. The zero-order valence-electron chi connectivity index (χ0n) is 18.4. The minimum Gasteiger partial charge on any atom is -0.493 e. The number of nitrogens with zero attached hydrogens (tertiary/aromatic N) is 3. The Morgan fingerprint density at radius 1 is 1.21 bits per heavy atom. The maximum atomic E-state index is 13.2. The standard InChI is InChI=1S/C25H24F3N3O2/c1-4-6-19-22(10-8-20-23(19)33-30-24(20)25(26,27)28)32-14-5-12-31-13-11-18-15-17(16(2)29-3)7-9-21(18)31/h7-11,13,15-16H,4-6,12,14H2,1-2H3. The van der Waals surface area contributed by atoms with Gasteiger partial charge >= 0.3 is 6.18 Å². The lowest BCUT2D eigenvalue weighted by Gasteiger charge is -2.12. The molecule has 0 aliphatic carbocycles. The molecule has 33 heavy (non-hydrogen) atoms. The highest BCUT2D eigenvalue weighted by molar-refractivity contribution is 5.85. The van der Waals surface area contributed by atoms with Crippen molar-refractivity contribution in [2.75, 3.05) is 6.61 Å². The molecule has 0 amide bonds. The normalized spacial score (nSPS) is 12.8. The largest absolute Gasteiger partial charge is 0.493 e. The monoisotopic (exact) mass is 455 g/mol. The number of benzene rings is 2. The van der Waals surface area contributed by atoms with E-state index in [1.807, 2.05) is 44.3 Å². The summed E-state index contributed by atoms with van der Waals surface area (Å²) in [6.45, 7) is 12.2. The molecule has 4 aromatic rings. The first kappa shape index (κ1) is 22.7. The van der Waals surface area contributed by atoms with Crippen LogP contribution < -0.4 is 4.74 Å². The number of fused-ring (bicyclic) bond motifs is 2. The molecule has 172 valence electrons. The van der Waals surface area contributed by atoms with Crippen LogP contribution in [0.3, 0.4) is 0 Å². The summed E-state index contributed by atoms with van der Waals surface area (Å²) >= 11 is 0. The number of alkyl halides is 3. The van der Waals surface area contributed by atoms with E-state index in [-0.39, 0.29) is 17.0 Å². The van der Waals surface area contributed by atoms with Crippen molar-refractivity contribution in [3.05, 3.63) is 70.8 Å². The van der Waals surface area contributed by atoms with Crippen molar-refractivity contribution in [3.8, 4) is 5.75 Å². The van der Waals surface area contributed by atoms with Crippen LogP contribution in [0.4, 0.5) is 13.2 Å². The van der Waals surface area contributed by atoms with Crippen molar-refractivity contribution in [3.63, 3.8) is 0 Å². The first-order valence-electron chi connectivity index (χ1n) is 10.9. The Labute approximate surface area is 189 Å². The maximum absolute atomic E-state index is 13.2. The van der Waals surface area contributed by atoms with Crippen LogP contribution in [-0.4, -0.2) is 16.3 Å². The van der Waals surface area contributed by atoms with Gasteiger partial charge in [-0.25, -0.2) is 6.57 Å². The number of hydrogen-bond acceptors (Lipinski definition) is 3. The predicted molar refractivity (Wildman–Crippen MR) is 120 cm³/mol. The molecule has 4 rings (SSSR count). The van der Waals surface area contributed by atoms with Gasteiger partial charge in [0.1, 0.15) is 5.75 Å². The van der Waals surface area contributed by atoms with Crippen LogP contribution in [0.25, 0.3) is 26.7 Å². The second-order valence-corrected chi connectivity index (χ2v) is 8.03. The molecule has 2 aromatic carbocycles. The van der Waals surface area contributed by atoms with E-state index in [1.165, 1.54) is 6.07 Å². The van der Waals surface area contributed by atoms with Gasteiger partial charge < -0.3 is 18.7 Å². The molecule has 2 heterocycles. The van der Waals surface area contributed by atoms with E-state index in [0.29, 0.717) is 24.3 Å². The maximum Gasteiger partial charge on any atom is 0.437 e. The fraction of sp³-hybridized carbons (Fsp3) is 0.360. The number of rotatable bonds is 8. The SMILES string of the molecule is [C-]#[N+]C(C)c1ccc2c(ccn2CCCOc2ccc3c(C(F)(F)F)noc3c2CCC)c1. The molecule has 0 saturated carbocycles. The molecular formula is C25H24F3N3O2. The van der Waals surface area contributed by atoms with Gasteiger partial charge in [-0.3, -0.25) is 0 Å². The van der Waals surface area contributed by atoms with E-state index < -0.39 is 11.9 Å². The molecule has 0 spiro atoms. The van der Waals surface area contributed by atoms with Crippen LogP contribution in [0.5, 0.6) is 5.75 Å². The lowest BCUT2D eigenvalue weighted by molar-refractivity contribution is -0.141. The molecule has 0 aliphatic heterocycles. The van der Waals surface area contributed by atoms with Gasteiger partial charge in [-0.05, 0) is 49.2 Å². The number of ether oxygens (including phenoxy) is 1. The van der Waals surface area contributed by atoms with Gasteiger partial charge in [-0.1, -0.05) is 18.5 Å². The van der Waals surface area contributed by atoms with E-state index in [1.54, 1.807) is 6.07 Å². The Kier molecular flexibility index (Phi) is 6.32. The molecule has 0 radical (unpaired) electrons. The van der Waals surface area contributed by atoms with Gasteiger partial charge in [0, 0.05) is 41.7 Å². The van der Waals surface area contributed by atoms with Crippen LogP contribution in [0.15, 0.2) is 47.1 Å². The third-order valence-electron chi connectivity index (χ3n) is 5.74. The van der Waals surface area contributed by atoms with Gasteiger partial charge in [-0.2, -0.15) is 13.2 Å². The Morgan fingerprint density at radius 2 is 2.03 bits per heavy atom. The minimum absolute atomic E-state index is 0.0379. The lowest BCUT2D eigenvalue weighted by Crippen LogP contribution is -2.06. The number of halogens is 3. The highest BCUT2D eigenvalue weighted by atomic mass is 19.4. The fourth-order valence-electron chi connectivity index (χ4n) is 4.03. The topological polar surface area (TPSA) is 44.5 Å². The van der Waals surface area contributed by atoms with Crippen LogP contribution >= 0.6 is 0 Å². The molecule has 0 bridgehead atoms. The number of aryl methyl sites for hydroxylation is 2. The summed E-state index contributed by atoms with van der Waals surface area (Å²) in [4.78, 5) is 3.57. The van der Waals surface area contributed by atoms with Gasteiger partial charge in [0.05, 0.1) is 12.0 Å². The third kappa shape index (κ3) is 4.54. The summed E-state index contributed by atoms with van der Waals surface area (Å²) in [6.07, 6.45) is -0.560. The van der Waals surface area contributed by atoms with Crippen LogP contribution in [0, 0.1) is 6.57 Å². The highest BCUT2D eigenvalue weighted by Gasteiger charge is 2.37. The Morgan fingerprint density at radius 3 is 2.76 bits per heavy atom. The molecule has 2 aromatic heterocycles. The molecule has 1 atom stereocenters. The average Bonchev–Trinajstić information content (AvgIpc) is 3.41. The molecule has 0 saturated heterocycles. The predicted octanol–water partition coefficient (Wildman–Crippen LogP) is 7.20. The molecule has 5 nitrogen and oxygen atoms in total. The van der Waals surface area contributed by atoms with Gasteiger partial charge in [0.15, 0.2) is 11.3 Å². The Bertz CT molecular complexity index is 1310. The number of hydrogen-bond donors (Lipinski definition) is 0. The molecule has 1 unspecified atom stereocenters. The van der Waals surface area contributed by atoms with Gasteiger partial charge in [0.2, 0.25) is 6.04 Å². The van der Waals surface area contributed by atoms with Crippen molar-refractivity contribution >= 4 is 21.9 Å². The first-order valence-corrected chi connectivity index (χ1v) is 10.9. The molecule has 0 fully saturated rings. The van der Waals surface area contributed by atoms with Crippen molar-refractivity contribution in [2.45, 2.75) is 51.9 Å². The van der Waals surface area contributed by atoms with Crippen LogP contribution in [-0.2, 0) is 19.1 Å². The second kappa shape index (κ2) is 9.18. The van der Waals surface area contributed by atoms with E-state index in [2.05, 4.69) is 14.6 Å². The summed E-state index contributed by atoms with van der Waals surface area (Å²) < 4.78 is 52.7. The quantitative estimate of drug-likeness (QED) is 0.208. The van der Waals surface area contributed by atoms with Crippen molar-refractivity contribution in [1.29, 1.82) is 0 Å². The van der Waals surface area contributed by atoms with Crippen LogP contribution in [0.2, 0.25) is 0 Å².